The summed E-state index contributed by atoms with van der Waals surface area (Å²) in [7, 11) is 1.63. The molecule has 0 saturated heterocycles. The third kappa shape index (κ3) is 4.89. The number of aromatic nitrogens is 3. The summed E-state index contributed by atoms with van der Waals surface area (Å²) in [5.74, 6) is 1.07. The van der Waals surface area contributed by atoms with Gasteiger partial charge in [-0.1, -0.05) is 17.7 Å². The van der Waals surface area contributed by atoms with Crippen molar-refractivity contribution in [2.75, 3.05) is 12.4 Å². The van der Waals surface area contributed by atoms with Gasteiger partial charge in [0.1, 0.15) is 23.8 Å². The zero-order valence-corrected chi connectivity index (χ0v) is 18.8. The van der Waals surface area contributed by atoms with E-state index in [0.717, 1.165) is 45.7 Å². The van der Waals surface area contributed by atoms with Gasteiger partial charge in [0, 0.05) is 16.5 Å². The molecule has 0 spiro atoms. The number of methoxy groups -OCH3 is 1. The van der Waals surface area contributed by atoms with Crippen LogP contribution in [0.25, 0.3) is 11.3 Å². The zero-order valence-electron chi connectivity index (χ0n) is 17.2. The number of aryl methyl sites for hydroxylation is 2. The van der Waals surface area contributed by atoms with Gasteiger partial charge in [0.25, 0.3) is 5.91 Å². The van der Waals surface area contributed by atoms with Crippen LogP contribution in [0, 0.1) is 13.8 Å². The highest BCUT2D eigenvalue weighted by molar-refractivity contribution is 7.14. The Morgan fingerprint density at radius 1 is 1.13 bits per heavy atom. The largest absolute Gasteiger partial charge is 0.496 e. The first kappa shape index (κ1) is 21.0. The number of carbonyl (C=O) groups is 1. The van der Waals surface area contributed by atoms with E-state index in [1.165, 1.54) is 11.3 Å². The lowest BCUT2D eigenvalue weighted by atomic mass is 10.1. The molecule has 0 unspecified atom stereocenters. The lowest BCUT2D eigenvalue weighted by Crippen LogP contribution is -2.11. The zero-order chi connectivity index (χ0) is 21.8. The molecule has 2 aromatic heterocycles. The molecular formula is C22H20N4O3S2. The van der Waals surface area contributed by atoms with Crippen LogP contribution in [0.5, 0.6) is 11.5 Å². The molecule has 0 aliphatic rings. The van der Waals surface area contributed by atoms with E-state index in [1.54, 1.807) is 31.4 Å². The van der Waals surface area contributed by atoms with Crippen molar-refractivity contribution in [3.8, 4) is 22.8 Å². The Hall–Kier alpha value is -3.30. The Kier molecular flexibility index (Phi) is 6.24. The molecule has 0 atom stereocenters. The number of nitrogens with zero attached hydrogens (tertiary/aromatic N) is 3. The van der Waals surface area contributed by atoms with Gasteiger partial charge < -0.3 is 9.47 Å². The van der Waals surface area contributed by atoms with Crippen LogP contribution in [0.1, 0.15) is 27.3 Å². The van der Waals surface area contributed by atoms with Gasteiger partial charge in [-0.25, -0.2) is 4.98 Å². The highest BCUT2D eigenvalue weighted by atomic mass is 32.1. The number of thiazole rings is 1. The monoisotopic (exact) mass is 452 g/mol. The standard InChI is InChI=1S/C22H20N4O3S2/c1-13-7-8-20(28-3)17(9-13)19-12-30-22(23-19)24-21(27)15-5-4-6-16(10-15)29-11-18-14(2)25-31-26-18/h4-10,12H,11H2,1-3H3,(H,23,24,27). The summed E-state index contributed by atoms with van der Waals surface area (Å²) < 4.78 is 19.5. The molecule has 0 fully saturated rings. The van der Waals surface area contributed by atoms with Gasteiger partial charge in [0.05, 0.1) is 30.2 Å². The highest BCUT2D eigenvalue weighted by Gasteiger charge is 2.14. The first-order valence-electron chi connectivity index (χ1n) is 9.46. The Morgan fingerprint density at radius 2 is 2.00 bits per heavy atom. The SMILES string of the molecule is COc1ccc(C)cc1-c1csc(NC(=O)c2cccc(OCc3nsnc3C)c2)n1. The summed E-state index contributed by atoms with van der Waals surface area (Å²) in [6.07, 6.45) is 0. The number of rotatable bonds is 7. The average molecular weight is 453 g/mol. The molecule has 4 aromatic rings. The third-order valence-electron chi connectivity index (χ3n) is 4.57. The van der Waals surface area contributed by atoms with Crippen molar-refractivity contribution < 1.29 is 14.3 Å². The number of nitrogens with one attached hydrogen (secondary N) is 1. The van der Waals surface area contributed by atoms with E-state index in [0.29, 0.717) is 23.1 Å². The summed E-state index contributed by atoms with van der Waals surface area (Å²) in [5.41, 5.74) is 4.88. The molecule has 158 valence electrons. The Balaban J connectivity index is 1.46. The van der Waals surface area contributed by atoms with Gasteiger partial charge in [-0.2, -0.15) is 8.75 Å². The van der Waals surface area contributed by atoms with Crippen LogP contribution >= 0.6 is 23.1 Å². The van der Waals surface area contributed by atoms with Crippen LogP contribution in [0.2, 0.25) is 0 Å². The van der Waals surface area contributed by atoms with Gasteiger partial charge in [0.15, 0.2) is 5.13 Å². The molecular weight excluding hydrogens is 432 g/mol. The van der Waals surface area contributed by atoms with Gasteiger partial charge in [0.2, 0.25) is 0 Å². The van der Waals surface area contributed by atoms with E-state index in [1.807, 2.05) is 37.4 Å². The van der Waals surface area contributed by atoms with Crippen molar-refractivity contribution in [2.24, 2.45) is 0 Å². The Bertz CT molecular complexity index is 1220. The molecule has 7 nitrogen and oxygen atoms in total. The Morgan fingerprint density at radius 3 is 2.77 bits per heavy atom. The van der Waals surface area contributed by atoms with Crippen molar-refractivity contribution in [3.05, 3.63) is 70.4 Å². The lowest BCUT2D eigenvalue weighted by molar-refractivity contribution is 0.102. The first-order valence-corrected chi connectivity index (χ1v) is 11.1. The molecule has 2 aromatic carbocycles. The van der Waals surface area contributed by atoms with E-state index in [9.17, 15) is 4.79 Å². The molecule has 31 heavy (non-hydrogen) atoms. The second-order valence-corrected chi connectivity index (χ2v) is 8.20. The van der Waals surface area contributed by atoms with Crippen LogP contribution in [-0.4, -0.2) is 26.7 Å². The summed E-state index contributed by atoms with van der Waals surface area (Å²) in [6.45, 7) is 4.21. The molecule has 1 amide bonds. The maximum Gasteiger partial charge on any atom is 0.257 e. The number of anilines is 1. The second kappa shape index (κ2) is 9.23. The summed E-state index contributed by atoms with van der Waals surface area (Å²) in [6, 6.07) is 12.9. The number of benzene rings is 2. The van der Waals surface area contributed by atoms with Gasteiger partial charge >= 0.3 is 0 Å². The third-order valence-corrected chi connectivity index (χ3v) is 5.99. The Labute approximate surface area is 188 Å². The molecule has 0 radical (unpaired) electrons. The molecule has 1 N–H and O–H groups in total. The van der Waals surface area contributed by atoms with Crippen LogP contribution in [0.4, 0.5) is 5.13 Å². The quantitative estimate of drug-likeness (QED) is 0.419. The normalized spacial score (nSPS) is 10.7. The molecule has 0 saturated carbocycles. The topological polar surface area (TPSA) is 86.2 Å². The number of ether oxygens (including phenoxy) is 2. The average Bonchev–Trinajstić information content (AvgIpc) is 3.41. The van der Waals surface area contributed by atoms with Crippen LogP contribution < -0.4 is 14.8 Å². The molecule has 0 aliphatic heterocycles. The second-order valence-electron chi connectivity index (χ2n) is 6.81. The molecule has 0 aliphatic carbocycles. The summed E-state index contributed by atoms with van der Waals surface area (Å²) >= 11 is 2.52. The minimum Gasteiger partial charge on any atom is -0.496 e. The predicted octanol–water partition coefficient (Wildman–Crippen LogP) is 5.12. The van der Waals surface area contributed by atoms with Crippen LogP contribution in [-0.2, 0) is 6.61 Å². The number of carbonyl (C=O) groups excluding carboxylic acids is 1. The van der Waals surface area contributed by atoms with Crippen molar-refractivity contribution in [3.63, 3.8) is 0 Å². The van der Waals surface area contributed by atoms with E-state index in [4.69, 9.17) is 9.47 Å². The summed E-state index contributed by atoms with van der Waals surface area (Å²) in [5, 5.41) is 5.27. The molecule has 2 heterocycles. The molecule has 9 heteroatoms. The fourth-order valence-electron chi connectivity index (χ4n) is 2.91. The number of hydrogen-bond acceptors (Lipinski definition) is 8. The van der Waals surface area contributed by atoms with E-state index >= 15 is 0 Å². The maximum absolute atomic E-state index is 12.7. The number of amides is 1. The minimum atomic E-state index is -0.255. The number of hydrogen-bond donors (Lipinski definition) is 1. The van der Waals surface area contributed by atoms with Gasteiger partial charge in [-0.15, -0.1) is 11.3 Å². The van der Waals surface area contributed by atoms with Crippen LogP contribution in [0.3, 0.4) is 0 Å². The van der Waals surface area contributed by atoms with Gasteiger partial charge in [-0.3, -0.25) is 10.1 Å². The van der Waals surface area contributed by atoms with Crippen molar-refractivity contribution in [2.45, 2.75) is 20.5 Å². The molecule has 0 bridgehead atoms. The van der Waals surface area contributed by atoms with Crippen molar-refractivity contribution >= 4 is 34.1 Å². The van der Waals surface area contributed by atoms with E-state index < -0.39 is 0 Å². The smallest absolute Gasteiger partial charge is 0.257 e. The van der Waals surface area contributed by atoms with E-state index in [-0.39, 0.29) is 5.91 Å². The fourth-order valence-corrected chi connectivity index (χ4v) is 4.16. The lowest BCUT2D eigenvalue weighted by Gasteiger charge is -2.08. The van der Waals surface area contributed by atoms with Gasteiger partial charge in [-0.05, 0) is 44.2 Å². The highest BCUT2D eigenvalue weighted by Crippen LogP contribution is 2.33. The maximum atomic E-state index is 12.7. The van der Waals surface area contributed by atoms with Crippen molar-refractivity contribution in [1.82, 2.24) is 13.7 Å². The van der Waals surface area contributed by atoms with E-state index in [2.05, 4.69) is 19.0 Å². The predicted molar refractivity (Wildman–Crippen MR) is 122 cm³/mol. The molecule has 4 rings (SSSR count). The minimum absolute atomic E-state index is 0.255. The first-order chi connectivity index (χ1) is 15.0. The van der Waals surface area contributed by atoms with Crippen molar-refractivity contribution in [1.29, 1.82) is 0 Å². The summed E-state index contributed by atoms with van der Waals surface area (Å²) in [4.78, 5) is 17.3. The fraction of sp³-hybridized carbons (Fsp3) is 0.182. The van der Waals surface area contributed by atoms with Crippen LogP contribution in [0.15, 0.2) is 47.8 Å².